The summed E-state index contributed by atoms with van der Waals surface area (Å²) in [7, 11) is 0. The number of aryl methyl sites for hydroxylation is 2. The van der Waals surface area contributed by atoms with Crippen LogP contribution in [0.5, 0.6) is 0 Å². The Morgan fingerprint density at radius 3 is 2.52 bits per heavy atom. The van der Waals surface area contributed by atoms with E-state index in [1.165, 1.54) is 21.2 Å². The molecule has 0 radical (unpaired) electrons. The van der Waals surface area contributed by atoms with Gasteiger partial charge in [0.05, 0.1) is 16.7 Å². The Hall–Kier alpha value is -1.71. The fourth-order valence-electron chi connectivity index (χ4n) is 2.77. The number of benzene rings is 2. The van der Waals surface area contributed by atoms with Crippen molar-refractivity contribution in [3.63, 3.8) is 0 Å². The van der Waals surface area contributed by atoms with Gasteiger partial charge in [-0.15, -0.1) is 11.3 Å². The predicted molar refractivity (Wildman–Crippen MR) is 91.1 cm³/mol. The maximum Gasteiger partial charge on any atom is 0.0900 e. The summed E-state index contributed by atoms with van der Waals surface area (Å²) in [6.07, 6.45) is 0. The first-order chi connectivity index (χ1) is 10.2. The second kappa shape index (κ2) is 5.96. The molecular formula is C18H20N2S. The van der Waals surface area contributed by atoms with Crippen molar-refractivity contribution in [3.8, 4) is 0 Å². The van der Waals surface area contributed by atoms with Gasteiger partial charge >= 0.3 is 0 Å². The molecule has 0 saturated carbocycles. The highest BCUT2D eigenvalue weighted by Crippen LogP contribution is 2.31. The van der Waals surface area contributed by atoms with E-state index in [4.69, 9.17) is 0 Å². The molecule has 1 aromatic heterocycles. The SMILES string of the molecule is CCNC(c1ccc2ccccc2c1)c1sc(C)nc1C. The number of nitrogens with zero attached hydrogens (tertiary/aromatic N) is 1. The van der Waals surface area contributed by atoms with E-state index in [1.807, 2.05) is 0 Å². The highest BCUT2D eigenvalue weighted by Gasteiger charge is 2.18. The third-order valence-electron chi connectivity index (χ3n) is 3.72. The zero-order valence-corrected chi connectivity index (χ0v) is 13.5. The first kappa shape index (κ1) is 14.2. The molecule has 2 nitrogen and oxygen atoms in total. The largest absolute Gasteiger partial charge is 0.306 e. The zero-order valence-electron chi connectivity index (χ0n) is 12.7. The van der Waals surface area contributed by atoms with Crippen LogP contribution in [0, 0.1) is 13.8 Å². The lowest BCUT2D eigenvalue weighted by Gasteiger charge is -2.18. The van der Waals surface area contributed by atoms with Gasteiger partial charge in [-0.2, -0.15) is 0 Å². The lowest BCUT2D eigenvalue weighted by Crippen LogP contribution is -2.21. The second-order valence-electron chi connectivity index (χ2n) is 5.28. The van der Waals surface area contributed by atoms with Crippen molar-refractivity contribution in [2.75, 3.05) is 6.54 Å². The fraction of sp³-hybridized carbons (Fsp3) is 0.278. The summed E-state index contributed by atoms with van der Waals surface area (Å²) in [6, 6.07) is 15.5. The summed E-state index contributed by atoms with van der Waals surface area (Å²) in [6.45, 7) is 7.26. The maximum absolute atomic E-state index is 4.58. The fourth-order valence-corrected chi connectivity index (χ4v) is 3.80. The highest BCUT2D eigenvalue weighted by atomic mass is 32.1. The standard InChI is InChI=1S/C18H20N2S/c1-4-19-17(18-12(2)20-13(3)21-18)16-10-9-14-7-5-6-8-15(14)11-16/h5-11,17,19H,4H2,1-3H3. The van der Waals surface area contributed by atoms with Gasteiger partial charge < -0.3 is 5.32 Å². The zero-order chi connectivity index (χ0) is 14.8. The molecule has 0 spiro atoms. The number of rotatable bonds is 4. The molecule has 0 aliphatic carbocycles. The topological polar surface area (TPSA) is 24.9 Å². The van der Waals surface area contributed by atoms with Gasteiger partial charge in [-0.3, -0.25) is 0 Å². The minimum Gasteiger partial charge on any atom is -0.306 e. The van der Waals surface area contributed by atoms with Gasteiger partial charge in [-0.25, -0.2) is 4.98 Å². The lowest BCUT2D eigenvalue weighted by atomic mass is 10.00. The summed E-state index contributed by atoms with van der Waals surface area (Å²) in [4.78, 5) is 5.90. The molecule has 3 aromatic rings. The summed E-state index contributed by atoms with van der Waals surface area (Å²) in [5.41, 5.74) is 2.44. The van der Waals surface area contributed by atoms with Crippen LogP contribution >= 0.6 is 11.3 Å². The number of nitrogens with one attached hydrogen (secondary N) is 1. The van der Waals surface area contributed by atoms with E-state index in [-0.39, 0.29) is 6.04 Å². The normalized spacial score (nSPS) is 12.7. The molecule has 1 N–H and O–H groups in total. The van der Waals surface area contributed by atoms with Crippen LogP contribution in [-0.4, -0.2) is 11.5 Å². The third-order valence-corrected chi connectivity index (χ3v) is 4.85. The Morgan fingerprint density at radius 2 is 1.86 bits per heavy atom. The van der Waals surface area contributed by atoms with E-state index >= 15 is 0 Å². The van der Waals surface area contributed by atoms with E-state index in [0.717, 1.165) is 17.2 Å². The van der Waals surface area contributed by atoms with Gasteiger partial charge in [0.1, 0.15) is 0 Å². The van der Waals surface area contributed by atoms with Gasteiger partial charge in [0.15, 0.2) is 0 Å². The smallest absolute Gasteiger partial charge is 0.0900 e. The summed E-state index contributed by atoms with van der Waals surface area (Å²) >= 11 is 1.79. The molecule has 0 aliphatic rings. The molecule has 21 heavy (non-hydrogen) atoms. The van der Waals surface area contributed by atoms with E-state index in [9.17, 15) is 0 Å². The maximum atomic E-state index is 4.58. The minimum atomic E-state index is 0.228. The lowest BCUT2D eigenvalue weighted by molar-refractivity contribution is 0.636. The van der Waals surface area contributed by atoms with Crippen LogP contribution in [-0.2, 0) is 0 Å². The Balaban J connectivity index is 2.08. The summed E-state index contributed by atoms with van der Waals surface area (Å²) < 4.78 is 0. The van der Waals surface area contributed by atoms with Crippen molar-refractivity contribution < 1.29 is 0 Å². The molecule has 3 rings (SSSR count). The predicted octanol–water partition coefficient (Wildman–Crippen LogP) is 4.61. The van der Waals surface area contributed by atoms with Crippen molar-refractivity contribution in [1.82, 2.24) is 10.3 Å². The van der Waals surface area contributed by atoms with Crippen molar-refractivity contribution in [2.45, 2.75) is 26.8 Å². The second-order valence-corrected chi connectivity index (χ2v) is 6.51. The van der Waals surface area contributed by atoms with E-state index in [0.29, 0.717) is 0 Å². The molecule has 1 heterocycles. The average Bonchev–Trinajstić information content (AvgIpc) is 2.83. The van der Waals surface area contributed by atoms with E-state index in [2.05, 4.69) is 73.5 Å². The molecule has 0 amide bonds. The Labute approximate surface area is 129 Å². The molecule has 108 valence electrons. The number of aromatic nitrogens is 1. The highest BCUT2D eigenvalue weighted by molar-refractivity contribution is 7.11. The van der Waals surface area contributed by atoms with Crippen LogP contribution in [0.15, 0.2) is 42.5 Å². The van der Waals surface area contributed by atoms with Crippen molar-refractivity contribution >= 4 is 22.1 Å². The minimum absolute atomic E-state index is 0.228. The van der Waals surface area contributed by atoms with Crippen LogP contribution in [0.2, 0.25) is 0 Å². The molecule has 0 bridgehead atoms. The number of fused-ring (bicyclic) bond motifs is 1. The first-order valence-electron chi connectivity index (χ1n) is 7.35. The van der Waals surface area contributed by atoms with Crippen LogP contribution in [0.1, 0.15) is 34.1 Å². The third kappa shape index (κ3) is 2.85. The van der Waals surface area contributed by atoms with Gasteiger partial charge in [-0.05, 0) is 42.8 Å². The number of hydrogen-bond donors (Lipinski definition) is 1. The van der Waals surface area contributed by atoms with Crippen molar-refractivity contribution in [1.29, 1.82) is 0 Å². The molecule has 0 fully saturated rings. The van der Waals surface area contributed by atoms with Gasteiger partial charge in [0.25, 0.3) is 0 Å². The molecule has 1 atom stereocenters. The van der Waals surface area contributed by atoms with Gasteiger partial charge in [-0.1, -0.05) is 43.3 Å². The number of hydrogen-bond acceptors (Lipinski definition) is 3. The average molecular weight is 296 g/mol. The molecule has 0 saturated heterocycles. The monoisotopic (exact) mass is 296 g/mol. The molecule has 0 aliphatic heterocycles. The van der Waals surface area contributed by atoms with E-state index in [1.54, 1.807) is 11.3 Å². The van der Waals surface area contributed by atoms with Crippen LogP contribution in [0.25, 0.3) is 10.8 Å². The summed E-state index contributed by atoms with van der Waals surface area (Å²) in [5, 5.41) is 7.31. The van der Waals surface area contributed by atoms with Crippen LogP contribution < -0.4 is 5.32 Å². The van der Waals surface area contributed by atoms with Gasteiger partial charge in [0.2, 0.25) is 0 Å². The molecule has 3 heteroatoms. The molecular weight excluding hydrogens is 276 g/mol. The number of thiazole rings is 1. The Bertz CT molecular complexity index is 761. The van der Waals surface area contributed by atoms with Crippen molar-refractivity contribution in [2.24, 2.45) is 0 Å². The van der Waals surface area contributed by atoms with Crippen molar-refractivity contribution in [3.05, 3.63) is 63.6 Å². The first-order valence-corrected chi connectivity index (χ1v) is 8.16. The Morgan fingerprint density at radius 1 is 1.10 bits per heavy atom. The van der Waals surface area contributed by atoms with Crippen LogP contribution in [0.4, 0.5) is 0 Å². The quantitative estimate of drug-likeness (QED) is 0.760. The Kier molecular flexibility index (Phi) is 4.04. The molecule has 1 unspecified atom stereocenters. The van der Waals surface area contributed by atoms with Gasteiger partial charge in [0, 0.05) is 4.88 Å². The van der Waals surface area contributed by atoms with E-state index < -0.39 is 0 Å². The molecule has 2 aromatic carbocycles. The van der Waals surface area contributed by atoms with Crippen LogP contribution in [0.3, 0.4) is 0 Å². The summed E-state index contributed by atoms with van der Waals surface area (Å²) in [5.74, 6) is 0.